The van der Waals surface area contributed by atoms with E-state index in [9.17, 15) is 0 Å². The number of rotatable bonds is 3. The molecule has 1 saturated carbocycles. The Balaban J connectivity index is 1.77. The molecular weight excluding hydrogens is 445 g/mol. The number of fused-ring (bicyclic) bond motifs is 3. The number of hydrogen-bond acceptors (Lipinski definition) is 2. The molecular formula is C23H22IN3. The number of aromatic nitrogens is 2. The molecule has 4 aromatic rings. The second-order valence-electron chi connectivity index (χ2n) is 7.35. The Bertz CT molecular complexity index is 1110. The van der Waals surface area contributed by atoms with Gasteiger partial charge in [-0.05, 0) is 65.1 Å². The Morgan fingerprint density at radius 1 is 0.889 bits per heavy atom. The van der Waals surface area contributed by atoms with Crippen molar-refractivity contribution in [3.05, 3.63) is 64.2 Å². The minimum Gasteiger partial charge on any atom is -0.367 e. The first kappa shape index (κ1) is 17.0. The maximum absolute atomic E-state index is 5.06. The second kappa shape index (κ2) is 7.15. The highest BCUT2D eigenvalue weighted by molar-refractivity contribution is 14.1. The van der Waals surface area contributed by atoms with Gasteiger partial charge in [-0.15, -0.1) is 0 Å². The molecule has 0 radical (unpaired) electrons. The lowest BCUT2D eigenvalue weighted by Gasteiger charge is -2.24. The molecule has 0 amide bonds. The molecule has 1 N–H and O–H groups in total. The molecule has 27 heavy (non-hydrogen) atoms. The van der Waals surface area contributed by atoms with Crippen molar-refractivity contribution in [3.63, 3.8) is 0 Å². The molecule has 1 aliphatic rings. The maximum Gasteiger partial charge on any atom is 0.139 e. The lowest BCUT2D eigenvalue weighted by molar-refractivity contribution is 0.462. The highest BCUT2D eigenvalue weighted by Crippen LogP contribution is 2.35. The number of para-hydroxylation sites is 1. The van der Waals surface area contributed by atoms with Gasteiger partial charge in [0.15, 0.2) is 0 Å². The third kappa shape index (κ3) is 3.10. The molecule has 0 spiro atoms. The predicted octanol–water partition coefficient (Wildman–Crippen LogP) is 6.50. The zero-order valence-corrected chi connectivity index (χ0v) is 17.3. The van der Waals surface area contributed by atoms with E-state index in [-0.39, 0.29) is 0 Å². The zero-order chi connectivity index (χ0) is 18.2. The Labute approximate surface area is 173 Å². The summed E-state index contributed by atoms with van der Waals surface area (Å²) in [5.41, 5.74) is 4.46. The summed E-state index contributed by atoms with van der Waals surface area (Å²) in [6, 6.07) is 21.9. The number of nitrogens with zero attached hydrogens (tertiary/aromatic N) is 2. The molecule has 0 atom stereocenters. The van der Waals surface area contributed by atoms with Crippen LogP contribution in [0.25, 0.3) is 27.8 Å². The summed E-state index contributed by atoms with van der Waals surface area (Å²) < 4.78 is 3.54. The Hall–Kier alpha value is -2.08. The van der Waals surface area contributed by atoms with Crippen molar-refractivity contribution < 1.29 is 0 Å². The molecule has 0 unspecified atom stereocenters. The number of nitrogens with one attached hydrogen (secondary N) is 1. The third-order valence-corrected chi connectivity index (χ3v) is 6.51. The summed E-state index contributed by atoms with van der Waals surface area (Å²) in [5, 5.41) is 5.13. The van der Waals surface area contributed by atoms with Crippen molar-refractivity contribution in [3.8, 4) is 11.3 Å². The molecule has 5 rings (SSSR count). The van der Waals surface area contributed by atoms with Crippen LogP contribution >= 0.6 is 22.6 Å². The summed E-state index contributed by atoms with van der Waals surface area (Å²) in [6.45, 7) is 0. The van der Waals surface area contributed by atoms with E-state index >= 15 is 0 Å². The van der Waals surface area contributed by atoms with Gasteiger partial charge in [0.2, 0.25) is 0 Å². The van der Waals surface area contributed by atoms with Gasteiger partial charge in [-0.1, -0.05) is 55.7 Å². The van der Waals surface area contributed by atoms with Crippen LogP contribution in [-0.4, -0.2) is 15.4 Å². The first-order valence-electron chi connectivity index (χ1n) is 9.73. The topological polar surface area (TPSA) is 29.3 Å². The molecule has 2 aromatic carbocycles. The van der Waals surface area contributed by atoms with Crippen LogP contribution in [0.2, 0.25) is 0 Å². The highest BCUT2D eigenvalue weighted by Gasteiger charge is 2.21. The monoisotopic (exact) mass is 467 g/mol. The molecule has 3 nitrogen and oxygen atoms in total. The normalized spacial score (nSPS) is 15.4. The molecule has 2 heterocycles. The van der Waals surface area contributed by atoms with Crippen molar-refractivity contribution in [1.29, 1.82) is 0 Å². The Kier molecular flexibility index (Phi) is 4.52. The number of pyridine rings is 1. The van der Waals surface area contributed by atoms with Gasteiger partial charge in [0.1, 0.15) is 17.2 Å². The molecule has 0 bridgehead atoms. The number of benzene rings is 2. The summed E-state index contributed by atoms with van der Waals surface area (Å²) in [5.74, 6) is 1.14. The van der Waals surface area contributed by atoms with E-state index in [1.54, 1.807) is 0 Å². The van der Waals surface area contributed by atoms with E-state index in [1.807, 2.05) is 0 Å². The van der Waals surface area contributed by atoms with Crippen molar-refractivity contribution in [2.75, 3.05) is 5.32 Å². The minimum atomic E-state index is 0.526. The second-order valence-corrected chi connectivity index (χ2v) is 8.52. The van der Waals surface area contributed by atoms with E-state index < -0.39 is 0 Å². The lowest BCUT2D eigenvalue weighted by atomic mass is 9.95. The van der Waals surface area contributed by atoms with Crippen molar-refractivity contribution in [2.45, 2.75) is 38.1 Å². The van der Waals surface area contributed by atoms with Crippen LogP contribution in [0.5, 0.6) is 0 Å². The van der Waals surface area contributed by atoms with Crippen LogP contribution in [0.4, 0.5) is 5.82 Å². The number of hydrogen-bond donors (Lipinski definition) is 1. The summed E-state index contributed by atoms with van der Waals surface area (Å²) in [6.07, 6.45) is 6.46. The Morgan fingerprint density at radius 3 is 2.52 bits per heavy atom. The van der Waals surface area contributed by atoms with Crippen molar-refractivity contribution in [1.82, 2.24) is 9.38 Å². The molecule has 4 heteroatoms. The van der Waals surface area contributed by atoms with E-state index in [2.05, 4.69) is 93.0 Å². The molecule has 136 valence electrons. The fraction of sp³-hybridized carbons (Fsp3) is 0.261. The first-order chi connectivity index (χ1) is 13.3. The van der Waals surface area contributed by atoms with Crippen LogP contribution in [0.3, 0.4) is 0 Å². The fourth-order valence-electron chi connectivity index (χ4n) is 4.20. The minimum absolute atomic E-state index is 0.526. The quantitative estimate of drug-likeness (QED) is 0.349. The van der Waals surface area contributed by atoms with E-state index in [0.717, 1.165) is 17.2 Å². The number of halogens is 1. The predicted molar refractivity (Wildman–Crippen MR) is 121 cm³/mol. The highest BCUT2D eigenvalue weighted by atomic mass is 127. The maximum atomic E-state index is 5.06. The average molecular weight is 467 g/mol. The zero-order valence-electron chi connectivity index (χ0n) is 15.2. The van der Waals surface area contributed by atoms with Gasteiger partial charge < -0.3 is 5.32 Å². The molecule has 0 aliphatic heterocycles. The average Bonchev–Trinajstić information content (AvgIpc) is 3.08. The number of anilines is 1. The standard InChI is InChI=1S/C23H22IN3/c24-19-12-6-5-11-18(19)22-23(25-17-9-2-1-3-10-17)27-20-13-7-4-8-16(20)14-15-21(27)26-22/h4-8,11-15,17,25H,1-3,9-10H2. The Morgan fingerprint density at radius 2 is 1.67 bits per heavy atom. The van der Waals surface area contributed by atoms with Crippen molar-refractivity contribution in [2.24, 2.45) is 0 Å². The van der Waals surface area contributed by atoms with E-state index in [0.29, 0.717) is 6.04 Å². The molecule has 0 saturated heterocycles. The van der Waals surface area contributed by atoms with Gasteiger partial charge in [-0.25, -0.2) is 4.98 Å². The van der Waals surface area contributed by atoms with Gasteiger partial charge in [0, 0.05) is 15.2 Å². The lowest BCUT2D eigenvalue weighted by Crippen LogP contribution is -2.23. The summed E-state index contributed by atoms with van der Waals surface area (Å²) >= 11 is 2.42. The third-order valence-electron chi connectivity index (χ3n) is 5.57. The summed E-state index contributed by atoms with van der Waals surface area (Å²) in [4.78, 5) is 5.06. The van der Waals surface area contributed by atoms with Gasteiger partial charge in [0.05, 0.1) is 5.52 Å². The fourth-order valence-corrected chi connectivity index (χ4v) is 4.85. The van der Waals surface area contributed by atoms with Crippen LogP contribution in [0.15, 0.2) is 60.7 Å². The SMILES string of the molecule is Ic1ccccc1-c1nc2ccc3ccccc3n2c1NC1CCCCC1. The van der Waals surface area contributed by atoms with E-state index in [4.69, 9.17) is 4.98 Å². The van der Waals surface area contributed by atoms with Gasteiger partial charge >= 0.3 is 0 Å². The van der Waals surface area contributed by atoms with Gasteiger partial charge in [0.25, 0.3) is 0 Å². The molecule has 1 aliphatic carbocycles. The van der Waals surface area contributed by atoms with Gasteiger partial charge in [-0.2, -0.15) is 0 Å². The smallest absolute Gasteiger partial charge is 0.139 e. The largest absolute Gasteiger partial charge is 0.367 e. The van der Waals surface area contributed by atoms with E-state index in [1.165, 1.54) is 52.1 Å². The van der Waals surface area contributed by atoms with Crippen molar-refractivity contribution >= 4 is 45.0 Å². The van der Waals surface area contributed by atoms with Crippen LogP contribution in [0, 0.1) is 3.57 Å². The molecule has 2 aromatic heterocycles. The van der Waals surface area contributed by atoms with Gasteiger partial charge in [-0.3, -0.25) is 4.40 Å². The summed E-state index contributed by atoms with van der Waals surface area (Å²) in [7, 11) is 0. The van der Waals surface area contributed by atoms with Crippen LogP contribution < -0.4 is 5.32 Å². The first-order valence-corrected chi connectivity index (χ1v) is 10.8. The number of imidazole rings is 1. The van der Waals surface area contributed by atoms with Crippen LogP contribution in [0.1, 0.15) is 32.1 Å². The van der Waals surface area contributed by atoms with Crippen LogP contribution in [-0.2, 0) is 0 Å². The molecule has 1 fully saturated rings.